The molecule has 0 amide bonds. The zero-order chi connectivity index (χ0) is 14.9. The van der Waals surface area contributed by atoms with Crippen LogP contribution in [0.15, 0.2) is 18.2 Å². The Morgan fingerprint density at radius 1 is 1.50 bits per heavy atom. The van der Waals surface area contributed by atoms with Gasteiger partial charge in [-0.3, -0.25) is 19.7 Å². The molecule has 6 heteroatoms. The van der Waals surface area contributed by atoms with E-state index in [4.69, 9.17) is 4.74 Å². The van der Waals surface area contributed by atoms with Crippen LogP contribution in [0.4, 0.5) is 5.69 Å². The summed E-state index contributed by atoms with van der Waals surface area (Å²) < 4.78 is 4.93. The molecule has 1 aromatic rings. The summed E-state index contributed by atoms with van der Waals surface area (Å²) in [6, 6.07) is 4.68. The van der Waals surface area contributed by atoms with Gasteiger partial charge in [0.15, 0.2) is 0 Å². The fourth-order valence-electron chi connectivity index (χ4n) is 2.55. The van der Waals surface area contributed by atoms with Crippen molar-refractivity contribution in [2.45, 2.75) is 26.7 Å². The number of hydrogen-bond donors (Lipinski definition) is 0. The van der Waals surface area contributed by atoms with E-state index < -0.39 is 16.3 Å². The van der Waals surface area contributed by atoms with Crippen LogP contribution in [0, 0.1) is 22.5 Å². The Labute approximate surface area is 115 Å². The summed E-state index contributed by atoms with van der Waals surface area (Å²) in [6.45, 7) is 3.20. The maximum absolute atomic E-state index is 11.9. The van der Waals surface area contributed by atoms with E-state index in [9.17, 15) is 19.7 Å². The maximum Gasteiger partial charge on any atom is 0.320 e. The smallest absolute Gasteiger partial charge is 0.320 e. The predicted octanol–water partition coefficient (Wildman–Crippen LogP) is 1.97. The van der Waals surface area contributed by atoms with Crippen molar-refractivity contribution in [2.75, 3.05) is 6.61 Å². The third kappa shape index (κ3) is 2.17. The SMILES string of the molecule is CC(=O)C1(Cc2cccc([N+](=O)[O-])c2C)CCOC1=O. The number of ether oxygens (including phenoxy) is 1. The van der Waals surface area contributed by atoms with E-state index in [1.807, 2.05) is 0 Å². The molecule has 0 bridgehead atoms. The fraction of sp³-hybridized carbons (Fsp3) is 0.429. The zero-order valence-corrected chi connectivity index (χ0v) is 11.3. The van der Waals surface area contributed by atoms with Gasteiger partial charge in [0.25, 0.3) is 5.69 Å². The van der Waals surface area contributed by atoms with Gasteiger partial charge in [-0.05, 0) is 25.8 Å². The number of rotatable bonds is 4. The van der Waals surface area contributed by atoms with E-state index in [1.54, 1.807) is 19.1 Å². The number of esters is 1. The van der Waals surface area contributed by atoms with Crippen molar-refractivity contribution in [1.82, 2.24) is 0 Å². The van der Waals surface area contributed by atoms with E-state index in [2.05, 4.69) is 0 Å². The molecule has 0 spiro atoms. The Bertz CT molecular complexity index is 595. The molecule has 1 aliphatic heterocycles. The lowest BCUT2D eigenvalue weighted by Gasteiger charge is -2.22. The first kappa shape index (κ1) is 14.2. The molecule has 0 aliphatic carbocycles. The van der Waals surface area contributed by atoms with Crippen molar-refractivity contribution < 1.29 is 19.2 Å². The summed E-state index contributed by atoms with van der Waals surface area (Å²) >= 11 is 0. The first-order chi connectivity index (χ1) is 9.38. The van der Waals surface area contributed by atoms with E-state index in [0.29, 0.717) is 17.5 Å². The Balaban J connectivity index is 2.43. The predicted molar refractivity (Wildman–Crippen MR) is 70.2 cm³/mol. The van der Waals surface area contributed by atoms with Crippen molar-refractivity contribution in [3.63, 3.8) is 0 Å². The van der Waals surface area contributed by atoms with E-state index in [1.165, 1.54) is 13.0 Å². The van der Waals surface area contributed by atoms with Crippen molar-refractivity contribution in [3.8, 4) is 0 Å². The molecule has 1 fully saturated rings. The lowest BCUT2D eigenvalue weighted by atomic mass is 9.76. The summed E-state index contributed by atoms with van der Waals surface area (Å²) in [5.74, 6) is -0.790. The van der Waals surface area contributed by atoms with Crippen LogP contribution < -0.4 is 0 Å². The number of nitro groups is 1. The topological polar surface area (TPSA) is 86.5 Å². The van der Waals surface area contributed by atoms with Gasteiger partial charge in [0.2, 0.25) is 0 Å². The zero-order valence-electron chi connectivity index (χ0n) is 11.3. The standard InChI is InChI=1S/C14H15NO5/c1-9-11(4-3-5-12(9)15(18)19)8-14(10(2)16)6-7-20-13(14)17/h3-5H,6-8H2,1-2H3. The average Bonchev–Trinajstić information content (AvgIpc) is 2.74. The van der Waals surface area contributed by atoms with Gasteiger partial charge in [-0.2, -0.15) is 0 Å². The van der Waals surface area contributed by atoms with Crippen LogP contribution in [0.1, 0.15) is 24.5 Å². The normalized spacial score (nSPS) is 21.6. The van der Waals surface area contributed by atoms with Gasteiger partial charge < -0.3 is 4.74 Å². The summed E-state index contributed by atoms with van der Waals surface area (Å²) in [6.07, 6.45) is 0.470. The van der Waals surface area contributed by atoms with Gasteiger partial charge in [-0.15, -0.1) is 0 Å². The van der Waals surface area contributed by atoms with Gasteiger partial charge in [0, 0.05) is 18.1 Å². The summed E-state index contributed by atoms with van der Waals surface area (Å²) in [4.78, 5) is 34.2. The highest BCUT2D eigenvalue weighted by molar-refractivity contribution is 6.04. The third-order valence-corrected chi connectivity index (χ3v) is 3.93. The molecule has 0 N–H and O–H groups in total. The highest BCUT2D eigenvalue weighted by Crippen LogP contribution is 2.37. The van der Waals surface area contributed by atoms with Crippen LogP contribution in [0.2, 0.25) is 0 Å². The highest BCUT2D eigenvalue weighted by Gasteiger charge is 2.49. The molecule has 0 saturated carbocycles. The molecule has 1 aliphatic rings. The number of benzene rings is 1. The summed E-state index contributed by atoms with van der Waals surface area (Å²) in [5, 5.41) is 10.9. The van der Waals surface area contributed by atoms with Crippen molar-refractivity contribution in [2.24, 2.45) is 5.41 Å². The molecule has 6 nitrogen and oxygen atoms in total. The number of carbonyl (C=O) groups is 2. The van der Waals surface area contributed by atoms with Crippen LogP contribution in [0.3, 0.4) is 0 Å². The van der Waals surface area contributed by atoms with Crippen molar-refractivity contribution >= 4 is 17.4 Å². The third-order valence-electron chi connectivity index (χ3n) is 3.93. The minimum Gasteiger partial charge on any atom is -0.465 e. The van der Waals surface area contributed by atoms with Gasteiger partial charge in [-0.25, -0.2) is 0 Å². The molecular weight excluding hydrogens is 262 g/mol. The molecule has 0 radical (unpaired) electrons. The largest absolute Gasteiger partial charge is 0.465 e. The Morgan fingerprint density at radius 3 is 2.70 bits per heavy atom. The van der Waals surface area contributed by atoms with E-state index in [0.717, 1.165) is 0 Å². The lowest BCUT2D eigenvalue weighted by Crippen LogP contribution is -2.36. The number of hydrogen-bond acceptors (Lipinski definition) is 5. The van der Waals surface area contributed by atoms with Crippen LogP contribution in [0.25, 0.3) is 0 Å². The number of nitro benzene ring substituents is 1. The second kappa shape index (κ2) is 5.03. The van der Waals surface area contributed by atoms with Crippen molar-refractivity contribution in [1.29, 1.82) is 0 Å². The first-order valence-corrected chi connectivity index (χ1v) is 6.29. The Morgan fingerprint density at radius 2 is 2.20 bits per heavy atom. The molecule has 1 aromatic carbocycles. The molecule has 1 saturated heterocycles. The number of carbonyl (C=O) groups excluding carboxylic acids is 2. The molecule has 1 unspecified atom stereocenters. The number of ketones is 1. The number of nitrogens with zero attached hydrogens (tertiary/aromatic N) is 1. The number of cyclic esters (lactones) is 1. The number of Topliss-reactive ketones (excluding diaryl/α,β-unsaturated/α-hetero) is 1. The van der Waals surface area contributed by atoms with Gasteiger partial charge >= 0.3 is 5.97 Å². The van der Waals surface area contributed by atoms with Crippen LogP contribution >= 0.6 is 0 Å². The van der Waals surface area contributed by atoms with Gasteiger partial charge in [-0.1, -0.05) is 12.1 Å². The molecule has 1 heterocycles. The first-order valence-electron chi connectivity index (χ1n) is 6.29. The second-order valence-corrected chi connectivity index (χ2v) is 5.02. The summed E-state index contributed by atoms with van der Waals surface area (Å²) in [5.41, 5.74) is -0.0846. The molecule has 2 rings (SSSR count). The molecule has 1 atom stereocenters. The van der Waals surface area contributed by atoms with Crippen LogP contribution in [-0.2, 0) is 20.7 Å². The quantitative estimate of drug-likeness (QED) is 0.363. The van der Waals surface area contributed by atoms with Crippen LogP contribution in [0.5, 0.6) is 0 Å². The lowest BCUT2D eigenvalue weighted by molar-refractivity contribution is -0.385. The van der Waals surface area contributed by atoms with Crippen molar-refractivity contribution in [3.05, 3.63) is 39.4 Å². The second-order valence-electron chi connectivity index (χ2n) is 5.02. The minimum absolute atomic E-state index is 0.00688. The molecule has 0 aromatic heterocycles. The summed E-state index contributed by atoms with van der Waals surface area (Å²) in [7, 11) is 0. The van der Waals surface area contributed by atoms with E-state index >= 15 is 0 Å². The minimum atomic E-state index is -1.19. The Hall–Kier alpha value is -2.24. The van der Waals surface area contributed by atoms with Crippen LogP contribution in [-0.4, -0.2) is 23.3 Å². The average molecular weight is 277 g/mol. The van der Waals surface area contributed by atoms with Gasteiger partial charge in [0.1, 0.15) is 11.2 Å². The highest BCUT2D eigenvalue weighted by atomic mass is 16.6. The molecule has 20 heavy (non-hydrogen) atoms. The molecule has 106 valence electrons. The van der Waals surface area contributed by atoms with E-state index in [-0.39, 0.29) is 24.5 Å². The molecular formula is C14H15NO5. The monoisotopic (exact) mass is 277 g/mol. The maximum atomic E-state index is 11.9. The fourth-order valence-corrected chi connectivity index (χ4v) is 2.55. The van der Waals surface area contributed by atoms with Gasteiger partial charge in [0.05, 0.1) is 11.5 Å². The Kier molecular flexibility index (Phi) is 3.57.